The highest BCUT2D eigenvalue weighted by atomic mass is 16.5. The molecule has 0 spiro atoms. The number of phenols is 1. The van der Waals surface area contributed by atoms with Crippen LogP contribution >= 0.6 is 0 Å². The van der Waals surface area contributed by atoms with Gasteiger partial charge < -0.3 is 9.84 Å². The van der Waals surface area contributed by atoms with E-state index in [1.807, 2.05) is 6.92 Å². The number of carbonyl (C=O) groups is 1. The largest absolute Gasteiger partial charge is 0.508 e. The third kappa shape index (κ3) is 2.18. The van der Waals surface area contributed by atoms with Gasteiger partial charge in [-0.2, -0.15) is 0 Å². The summed E-state index contributed by atoms with van der Waals surface area (Å²) in [5.74, 6) is -0.458. The van der Waals surface area contributed by atoms with Crippen molar-refractivity contribution in [1.29, 1.82) is 0 Å². The Morgan fingerprint density at radius 2 is 2.27 bits per heavy atom. The molecule has 0 saturated carbocycles. The Morgan fingerprint density at radius 3 is 2.80 bits per heavy atom. The van der Waals surface area contributed by atoms with E-state index < -0.39 is 5.97 Å². The van der Waals surface area contributed by atoms with Crippen LogP contribution in [0, 0.1) is 0 Å². The van der Waals surface area contributed by atoms with E-state index >= 15 is 0 Å². The number of hydrogen-bond acceptors (Lipinski definition) is 3. The van der Waals surface area contributed by atoms with Crippen LogP contribution in [-0.4, -0.2) is 18.2 Å². The fraction of sp³-hybridized carbons (Fsp3) is 0.250. The highest BCUT2D eigenvalue weighted by molar-refractivity contribution is 5.92. The number of phenolic OH excluding ortho intramolecular Hbond substituents is 1. The molecule has 0 saturated heterocycles. The lowest BCUT2D eigenvalue weighted by atomic mass is 9.95. The van der Waals surface area contributed by atoms with Gasteiger partial charge in [0.05, 0.1) is 12.7 Å². The van der Waals surface area contributed by atoms with E-state index in [1.54, 1.807) is 24.3 Å². The molecule has 1 aromatic carbocycles. The molecule has 3 heteroatoms. The van der Waals surface area contributed by atoms with Crippen LogP contribution in [0.1, 0.15) is 28.8 Å². The monoisotopic (exact) mass is 206 g/mol. The van der Waals surface area contributed by atoms with Gasteiger partial charge in [-0.05, 0) is 12.1 Å². The van der Waals surface area contributed by atoms with Crippen LogP contribution in [0.25, 0.3) is 0 Å². The minimum Gasteiger partial charge on any atom is -0.508 e. The fourth-order valence-electron chi connectivity index (χ4n) is 1.44. The van der Waals surface area contributed by atoms with E-state index in [9.17, 15) is 9.90 Å². The first-order valence-corrected chi connectivity index (χ1v) is 4.64. The van der Waals surface area contributed by atoms with Gasteiger partial charge in [0.25, 0.3) is 0 Å². The van der Waals surface area contributed by atoms with Crippen molar-refractivity contribution in [2.45, 2.75) is 12.8 Å². The van der Waals surface area contributed by atoms with Gasteiger partial charge in [0.1, 0.15) is 5.75 Å². The lowest BCUT2D eigenvalue weighted by Gasteiger charge is -2.13. The molecule has 1 rings (SSSR count). The van der Waals surface area contributed by atoms with E-state index in [2.05, 4.69) is 11.3 Å². The Balaban J connectivity index is 3.32. The summed E-state index contributed by atoms with van der Waals surface area (Å²) in [6.45, 7) is 5.50. The second-order valence-electron chi connectivity index (χ2n) is 3.25. The minimum absolute atomic E-state index is 0.0882. The first kappa shape index (κ1) is 11.3. The summed E-state index contributed by atoms with van der Waals surface area (Å²) in [6, 6.07) is 4.78. The van der Waals surface area contributed by atoms with Gasteiger partial charge in [-0.1, -0.05) is 19.1 Å². The summed E-state index contributed by atoms with van der Waals surface area (Å²) < 4.78 is 4.64. The molecule has 0 heterocycles. The Morgan fingerprint density at radius 1 is 1.60 bits per heavy atom. The number of rotatable bonds is 3. The number of ether oxygens (including phenoxy) is 1. The normalized spacial score (nSPS) is 11.9. The predicted molar refractivity (Wildman–Crippen MR) is 58.1 cm³/mol. The SMILES string of the molecule is C=CC(C)c1c(O)cccc1C(=O)OC. The molecule has 1 unspecified atom stereocenters. The molecule has 0 amide bonds. The van der Waals surface area contributed by atoms with Crippen molar-refractivity contribution >= 4 is 5.97 Å². The first-order valence-electron chi connectivity index (χ1n) is 4.64. The molecule has 1 atom stereocenters. The van der Waals surface area contributed by atoms with Crippen molar-refractivity contribution in [2.75, 3.05) is 7.11 Å². The van der Waals surface area contributed by atoms with Crippen LogP contribution in [0.5, 0.6) is 5.75 Å². The van der Waals surface area contributed by atoms with Crippen LogP contribution < -0.4 is 0 Å². The molecule has 0 fully saturated rings. The Bertz CT molecular complexity index is 382. The Labute approximate surface area is 89.0 Å². The van der Waals surface area contributed by atoms with E-state index in [-0.39, 0.29) is 11.7 Å². The molecule has 80 valence electrons. The lowest BCUT2D eigenvalue weighted by molar-refractivity contribution is 0.0598. The van der Waals surface area contributed by atoms with E-state index in [0.29, 0.717) is 11.1 Å². The van der Waals surface area contributed by atoms with Gasteiger partial charge in [-0.25, -0.2) is 4.79 Å². The highest BCUT2D eigenvalue weighted by Crippen LogP contribution is 2.30. The molecular formula is C12H14O3. The summed E-state index contributed by atoms with van der Waals surface area (Å²) >= 11 is 0. The Hall–Kier alpha value is -1.77. The molecule has 0 aliphatic carbocycles. The van der Waals surface area contributed by atoms with Gasteiger partial charge in [0.15, 0.2) is 0 Å². The van der Waals surface area contributed by atoms with Crippen molar-refractivity contribution in [1.82, 2.24) is 0 Å². The zero-order valence-corrected chi connectivity index (χ0v) is 8.86. The third-order valence-electron chi connectivity index (χ3n) is 2.30. The molecule has 1 N–H and O–H groups in total. The van der Waals surface area contributed by atoms with Crippen molar-refractivity contribution in [2.24, 2.45) is 0 Å². The second-order valence-corrected chi connectivity index (χ2v) is 3.25. The van der Waals surface area contributed by atoms with E-state index in [0.717, 1.165) is 0 Å². The minimum atomic E-state index is -0.449. The smallest absolute Gasteiger partial charge is 0.338 e. The molecule has 1 aromatic rings. The van der Waals surface area contributed by atoms with Crippen LogP contribution in [-0.2, 0) is 4.74 Å². The van der Waals surface area contributed by atoms with Crippen molar-refractivity contribution in [3.8, 4) is 5.75 Å². The van der Waals surface area contributed by atoms with Gasteiger partial charge in [-0.3, -0.25) is 0 Å². The van der Waals surface area contributed by atoms with Crippen molar-refractivity contribution in [3.05, 3.63) is 42.0 Å². The molecule has 15 heavy (non-hydrogen) atoms. The predicted octanol–water partition coefficient (Wildman–Crippen LogP) is 2.47. The van der Waals surface area contributed by atoms with Crippen LogP contribution in [0.2, 0.25) is 0 Å². The zero-order valence-electron chi connectivity index (χ0n) is 8.86. The molecule has 0 aromatic heterocycles. The van der Waals surface area contributed by atoms with Gasteiger partial charge in [0.2, 0.25) is 0 Å². The first-order chi connectivity index (χ1) is 7.11. The summed E-state index contributed by atoms with van der Waals surface area (Å²) in [7, 11) is 1.31. The highest BCUT2D eigenvalue weighted by Gasteiger charge is 2.18. The molecule has 3 nitrogen and oxygen atoms in total. The summed E-state index contributed by atoms with van der Waals surface area (Å²) in [5.41, 5.74) is 0.934. The summed E-state index contributed by atoms with van der Waals surface area (Å²) in [4.78, 5) is 11.4. The maximum Gasteiger partial charge on any atom is 0.338 e. The average molecular weight is 206 g/mol. The van der Waals surface area contributed by atoms with Crippen LogP contribution in [0.15, 0.2) is 30.9 Å². The number of aromatic hydroxyl groups is 1. The summed E-state index contributed by atoms with van der Waals surface area (Å²) in [6.07, 6.45) is 1.67. The second kappa shape index (κ2) is 4.64. The number of methoxy groups -OCH3 is 1. The average Bonchev–Trinajstić information content (AvgIpc) is 2.26. The number of carbonyl (C=O) groups excluding carboxylic acids is 1. The van der Waals surface area contributed by atoms with Crippen molar-refractivity contribution in [3.63, 3.8) is 0 Å². The molecule has 0 aliphatic heterocycles. The van der Waals surface area contributed by atoms with Crippen molar-refractivity contribution < 1.29 is 14.6 Å². The number of benzene rings is 1. The summed E-state index contributed by atoms with van der Waals surface area (Å²) in [5, 5.41) is 9.68. The molecule has 0 bridgehead atoms. The van der Waals surface area contributed by atoms with Gasteiger partial charge in [0, 0.05) is 11.5 Å². The maximum absolute atomic E-state index is 11.4. The Kier molecular flexibility index (Phi) is 3.50. The standard InChI is InChI=1S/C12H14O3/c1-4-8(2)11-9(12(14)15-3)6-5-7-10(11)13/h4-8,13H,1H2,2-3H3. The lowest BCUT2D eigenvalue weighted by Crippen LogP contribution is -2.07. The van der Waals surface area contributed by atoms with E-state index in [1.165, 1.54) is 7.11 Å². The van der Waals surface area contributed by atoms with Crippen LogP contribution in [0.3, 0.4) is 0 Å². The molecule has 0 radical (unpaired) electrons. The quantitative estimate of drug-likeness (QED) is 0.610. The maximum atomic E-state index is 11.4. The molecule has 0 aliphatic rings. The van der Waals surface area contributed by atoms with E-state index in [4.69, 9.17) is 0 Å². The number of hydrogen-bond donors (Lipinski definition) is 1. The van der Waals surface area contributed by atoms with Crippen LogP contribution in [0.4, 0.5) is 0 Å². The fourth-order valence-corrected chi connectivity index (χ4v) is 1.44. The number of allylic oxidation sites excluding steroid dienone is 1. The molecular weight excluding hydrogens is 192 g/mol. The zero-order chi connectivity index (χ0) is 11.4. The topological polar surface area (TPSA) is 46.5 Å². The number of esters is 1. The third-order valence-corrected chi connectivity index (χ3v) is 2.30. The van der Waals surface area contributed by atoms with Gasteiger partial charge >= 0.3 is 5.97 Å². The van der Waals surface area contributed by atoms with Gasteiger partial charge in [-0.15, -0.1) is 6.58 Å².